The molecule has 0 saturated carbocycles. The van der Waals surface area contributed by atoms with Gasteiger partial charge in [-0.25, -0.2) is 0 Å². The maximum Gasteiger partial charge on any atom is 0.0986 e. The van der Waals surface area contributed by atoms with Crippen LogP contribution in [-0.4, -0.2) is 14.8 Å². The van der Waals surface area contributed by atoms with E-state index in [1.165, 1.54) is 24.8 Å². The number of pyridine rings is 1. The molecule has 0 bridgehead atoms. The molecule has 17 heavy (non-hydrogen) atoms. The molecule has 0 aromatic carbocycles. The highest BCUT2D eigenvalue weighted by molar-refractivity contribution is 5.80. The van der Waals surface area contributed by atoms with Crippen molar-refractivity contribution in [2.45, 2.75) is 39.2 Å². The normalized spacial score (nSPS) is 10.9. The van der Waals surface area contributed by atoms with Gasteiger partial charge < -0.3 is 0 Å². The van der Waals surface area contributed by atoms with Crippen LogP contribution in [0.15, 0.2) is 31.2 Å². The number of aromatic nitrogens is 3. The zero-order valence-electron chi connectivity index (χ0n) is 10.4. The first-order chi connectivity index (χ1) is 8.35. The molecular weight excluding hydrogens is 210 g/mol. The SMILES string of the molecule is C=CCn1cc2cncc(CCCCC)c2n1. The topological polar surface area (TPSA) is 30.7 Å². The van der Waals surface area contributed by atoms with Gasteiger partial charge in [0, 0.05) is 24.0 Å². The van der Waals surface area contributed by atoms with Crippen LogP contribution >= 0.6 is 0 Å². The maximum absolute atomic E-state index is 4.59. The number of hydrogen-bond acceptors (Lipinski definition) is 2. The Bertz CT molecular complexity index is 499. The first kappa shape index (κ1) is 11.8. The van der Waals surface area contributed by atoms with Crippen LogP contribution in [0.3, 0.4) is 0 Å². The molecule has 2 heterocycles. The average Bonchev–Trinajstić information content (AvgIpc) is 2.73. The third kappa shape index (κ3) is 2.73. The van der Waals surface area contributed by atoms with Crippen LogP contribution in [0.25, 0.3) is 10.9 Å². The van der Waals surface area contributed by atoms with Gasteiger partial charge in [-0.05, 0) is 18.4 Å². The Morgan fingerprint density at radius 2 is 2.24 bits per heavy atom. The van der Waals surface area contributed by atoms with Crippen LogP contribution in [-0.2, 0) is 13.0 Å². The van der Waals surface area contributed by atoms with Gasteiger partial charge in [-0.15, -0.1) is 6.58 Å². The van der Waals surface area contributed by atoms with Gasteiger partial charge in [-0.3, -0.25) is 9.67 Å². The van der Waals surface area contributed by atoms with Crippen LogP contribution in [0.1, 0.15) is 31.7 Å². The average molecular weight is 229 g/mol. The number of allylic oxidation sites excluding steroid dienone is 1. The largest absolute Gasteiger partial charge is 0.268 e. The fourth-order valence-electron chi connectivity index (χ4n) is 2.02. The smallest absolute Gasteiger partial charge is 0.0986 e. The molecule has 0 fully saturated rings. The third-order valence-corrected chi connectivity index (χ3v) is 2.90. The van der Waals surface area contributed by atoms with Crippen molar-refractivity contribution in [2.24, 2.45) is 0 Å². The molecule has 2 aromatic heterocycles. The van der Waals surface area contributed by atoms with Crippen molar-refractivity contribution in [2.75, 3.05) is 0 Å². The van der Waals surface area contributed by atoms with Gasteiger partial charge in [0.05, 0.1) is 12.1 Å². The van der Waals surface area contributed by atoms with E-state index in [0.717, 1.165) is 23.9 Å². The molecule has 0 aliphatic heterocycles. The van der Waals surface area contributed by atoms with Gasteiger partial charge in [0.15, 0.2) is 0 Å². The molecule has 2 rings (SSSR count). The van der Waals surface area contributed by atoms with E-state index >= 15 is 0 Å². The van der Waals surface area contributed by atoms with E-state index in [4.69, 9.17) is 0 Å². The van der Waals surface area contributed by atoms with Gasteiger partial charge in [0.1, 0.15) is 0 Å². The molecule has 0 aliphatic rings. The van der Waals surface area contributed by atoms with Crippen LogP contribution < -0.4 is 0 Å². The summed E-state index contributed by atoms with van der Waals surface area (Å²) in [4.78, 5) is 4.29. The summed E-state index contributed by atoms with van der Waals surface area (Å²) in [6.45, 7) is 6.71. The van der Waals surface area contributed by atoms with Gasteiger partial charge >= 0.3 is 0 Å². The highest BCUT2D eigenvalue weighted by atomic mass is 15.3. The van der Waals surface area contributed by atoms with Crippen molar-refractivity contribution in [3.63, 3.8) is 0 Å². The molecule has 0 spiro atoms. The van der Waals surface area contributed by atoms with Gasteiger partial charge in [0.2, 0.25) is 0 Å². The summed E-state index contributed by atoms with van der Waals surface area (Å²) in [6.07, 6.45) is 12.5. The van der Waals surface area contributed by atoms with Gasteiger partial charge in [-0.1, -0.05) is 25.8 Å². The van der Waals surface area contributed by atoms with Crippen LogP contribution in [0.4, 0.5) is 0 Å². The summed E-state index contributed by atoms with van der Waals surface area (Å²) in [5, 5.41) is 5.71. The minimum absolute atomic E-state index is 0.753. The van der Waals surface area contributed by atoms with E-state index in [-0.39, 0.29) is 0 Å². The molecule has 90 valence electrons. The second-order valence-corrected chi connectivity index (χ2v) is 4.33. The number of hydrogen-bond donors (Lipinski definition) is 0. The van der Waals surface area contributed by atoms with Crippen molar-refractivity contribution in [1.82, 2.24) is 14.8 Å². The van der Waals surface area contributed by atoms with E-state index in [0.29, 0.717) is 0 Å². The van der Waals surface area contributed by atoms with E-state index in [9.17, 15) is 0 Å². The second-order valence-electron chi connectivity index (χ2n) is 4.33. The fourth-order valence-corrected chi connectivity index (χ4v) is 2.02. The molecule has 0 unspecified atom stereocenters. The van der Waals surface area contributed by atoms with Crippen molar-refractivity contribution < 1.29 is 0 Å². The van der Waals surface area contributed by atoms with Gasteiger partial charge in [0.25, 0.3) is 0 Å². The van der Waals surface area contributed by atoms with E-state index in [1.807, 2.05) is 29.3 Å². The number of aryl methyl sites for hydroxylation is 1. The number of unbranched alkanes of at least 4 members (excludes halogenated alkanes) is 2. The van der Waals surface area contributed by atoms with Crippen LogP contribution in [0, 0.1) is 0 Å². The first-order valence-electron chi connectivity index (χ1n) is 6.26. The van der Waals surface area contributed by atoms with E-state index in [1.54, 1.807) is 0 Å². The number of rotatable bonds is 6. The Hall–Kier alpha value is -1.64. The highest BCUT2D eigenvalue weighted by Gasteiger charge is 2.05. The van der Waals surface area contributed by atoms with E-state index in [2.05, 4.69) is 23.6 Å². The lowest BCUT2D eigenvalue weighted by atomic mass is 10.1. The Kier molecular flexibility index (Phi) is 3.91. The van der Waals surface area contributed by atoms with Crippen molar-refractivity contribution >= 4 is 10.9 Å². The zero-order chi connectivity index (χ0) is 12.1. The summed E-state index contributed by atoms with van der Waals surface area (Å²) in [7, 11) is 0. The molecule has 0 N–H and O–H groups in total. The third-order valence-electron chi connectivity index (χ3n) is 2.90. The molecule has 2 aromatic rings. The van der Waals surface area contributed by atoms with Crippen LogP contribution in [0.2, 0.25) is 0 Å². The highest BCUT2D eigenvalue weighted by Crippen LogP contribution is 2.17. The lowest BCUT2D eigenvalue weighted by Gasteiger charge is -2.00. The summed E-state index contributed by atoms with van der Waals surface area (Å²) < 4.78 is 1.92. The Labute approximate surface area is 102 Å². The summed E-state index contributed by atoms with van der Waals surface area (Å²) in [5.41, 5.74) is 2.36. The minimum atomic E-state index is 0.753. The summed E-state index contributed by atoms with van der Waals surface area (Å²) in [6, 6.07) is 0. The minimum Gasteiger partial charge on any atom is -0.268 e. The molecule has 0 saturated heterocycles. The molecule has 3 nitrogen and oxygen atoms in total. The molecule has 0 atom stereocenters. The standard InChI is InChI=1S/C14H19N3/c1-3-5-6-7-12-9-15-10-13-11-17(8-4-2)16-14(12)13/h4,9-11H,2-3,5-8H2,1H3. The maximum atomic E-state index is 4.59. The zero-order valence-corrected chi connectivity index (χ0v) is 10.4. The van der Waals surface area contributed by atoms with Crippen molar-refractivity contribution in [1.29, 1.82) is 0 Å². The number of fused-ring (bicyclic) bond motifs is 1. The van der Waals surface area contributed by atoms with Crippen molar-refractivity contribution in [3.05, 3.63) is 36.8 Å². The Morgan fingerprint density at radius 3 is 3.00 bits per heavy atom. The van der Waals surface area contributed by atoms with Crippen molar-refractivity contribution in [3.8, 4) is 0 Å². The lowest BCUT2D eigenvalue weighted by Crippen LogP contribution is -1.95. The molecule has 0 aliphatic carbocycles. The molecule has 3 heteroatoms. The molecule has 0 radical (unpaired) electrons. The quantitative estimate of drug-likeness (QED) is 0.562. The summed E-state index contributed by atoms with van der Waals surface area (Å²) >= 11 is 0. The van der Waals surface area contributed by atoms with Gasteiger partial charge in [-0.2, -0.15) is 5.10 Å². The molecular formula is C14H19N3. The van der Waals surface area contributed by atoms with E-state index < -0.39 is 0 Å². The second kappa shape index (κ2) is 5.62. The monoisotopic (exact) mass is 229 g/mol. The predicted molar refractivity (Wildman–Crippen MR) is 71.0 cm³/mol. The number of nitrogens with zero attached hydrogens (tertiary/aromatic N) is 3. The fraction of sp³-hybridized carbons (Fsp3) is 0.429. The lowest BCUT2D eigenvalue weighted by molar-refractivity contribution is 0.702. The Morgan fingerprint density at radius 1 is 1.35 bits per heavy atom. The first-order valence-corrected chi connectivity index (χ1v) is 6.26. The Balaban J connectivity index is 2.25. The molecule has 0 amide bonds. The predicted octanol–water partition coefficient (Wildman–Crippen LogP) is 3.35. The summed E-state index contributed by atoms with van der Waals surface area (Å²) in [5.74, 6) is 0. The van der Waals surface area contributed by atoms with Crippen LogP contribution in [0.5, 0.6) is 0 Å².